The predicted molar refractivity (Wildman–Crippen MR) is 134 cm³/mol. The molecular formula is C26H25F2N5O2S. The summed E-state index contributed by atoms with van der Waals surface area (Å²) in [6, 6.07) is 9.13. The van der Waals surface area contributed by atoms with Gasteiger partial charge in [0.25, 0.3) is 0 Å². The van der Waals surface area contributed by atoms with Crippen molar-refractivity contribution in [2.24, 2.45) is 22.6 Å². The molecule has 0 spiro atoms. The molecule has 1 saturated carbocycles. The van der Waals surface area contributed by atoms with E-state index in [1.54, 1.807) is 17.9 Å². The molecule has 10 heteroatoms. The molecule has 1 aliphatic carbocycles. The molecule has 0 bridgehead atoms. The van der Waals surface area contributed by atoms with Crippen LogP contribution in [0.15, 0.2) is 41.5 Å². The number of hydrogen-bond acceptors (Lipinski definition) is 7. The number of hydrogen-bond donors (Lipinski definition) is 1. The quantitative estimate of drug-likeness (QED) is 0.674. The Labute approximate surface area is 212 Å². The third-order valence-corrected chi connectivity index (χ3v) is 8.79. The van der Waals surface area contributed by atoms with Crippen molar-refractivity contribution >= 4 is 34.7 Å². The Morgan fingerprint density at radius 3 is 2.75 bits per heavy atom. The lowest BCUT2D eigenvalue weighted by Gasteiger charge is -2.36. The van der Waals surface area contributed by atoms with Crippen LogP contribution in [0.2, 0.25) is 0 Å². The van der Waals surface area contributed by atoms with E-state index in [9.17, 15) is 9.18 Å². The van der Waals surface area contributed by atoms with Gasteiger partial charge in [-0.2, -0.15) is 5.26 Å². The first kappa shape index (κ1) is 24.4. The summed E-state index contributed by atoms with van der Waals surface area (Å²) >= 11 is 1.26. The van der Waals surface area contributed by atoms with Gasteiger partial charge in [-0.3, -0.25) is 14.8 Å². The van der Waals surface area contributed by atoms with Gasteiger partial charge in [0, 0.05) is 30.8 Å². The highest BCUT2D eigenvalue weighted by atomic mass is 32.2. The van der Waals surface area contributed by atoms with Gasteiger partial charge in [-0.25, -0.2) is 8.78 Å². The molecule has 1 amide bonds. The van der Waals surface area contributed by atoms with Crippen molar-refractivity contribution < 1.29 is 18.3 Å². The molecule has 1 aromatic carbocycles. The molecule has 186 valence electrons. The summed E-state index contributed by atoms with van der Waals surface area (Å²) in [5.41, 5.74) is 6.20. The minimum Gasteiger partial charge on any atom is -0.378 e. The molecule has 5 rings (SSSR count). The summed E-state index contributed by atoms with van der Waals surface area (Å²) in [6.07, 6.45) is 2.55. The zero-order chi connectivity index (χ0) is 25.7. The molecular weight excluding hydrogens is 484 g/mol. The molecule has 2 aromatic rings. The molecule has 7 nitrogen and oxygen atoms in total. The van der Waals surface area contributed by atoms with Crippen LogP contribution in [-0.4, -0.2) is 52.0 Å². The van der Waals surface area contributed by atoms with Crippen LogP contribution in [0.5, 0.6) is 0 Å². The summed E-state index contributed by atoms with van der Waals surface area (Å²) in [5.74, 6) is -1.52. The number of nitriles is 1. The zero-order valence-electron chi connectivity index (χ0n) is 19.9. The van der Waals surface area contributed by atoms with Gasteiger partial charge in [-0.15, -0.1) is 0 Å². The van der Waals surface area contributed by atoms with E-state index in [0.29, 0.717) is 37.4 Å². The van der Waals surface area contributed by atoms with Crippen molar-refractivity contribution in [3.05, 3.63) is 64.7 Å². The van der Waals surface area contributed by atoms with Crippen LogP contribution in [0.4, 0.5) is 8.78 Å². The maximum absolute atomic E-state index is 15.3. The van der Waals surface area contributed by atoms with Crippen LogP contribution in [0, 0.1) is 29.0 Å². The normalized spacial score (nSPS) is 29.7. The van der Waals surface area contributed by atoms with E-state index in [1.807, 2.05) is 13.0 Å². The fourth-order valence-corrected chi connectivity index (χ4v) is 7.15. The van der Waals surface area contributed by atoms with Gasteiger partial charge in [0.05, 0.1) is 30.0 Å². The van der Waals surface area contributed by atoms with Crippen LogP contribution in [0.1, 0.15) is 36.2 Å². The third-order valence-electron chi connectivity index (χ3n) is 7.35. The van der Waals surface area contributed by atoms with E-state index in [2.05, 4.69) is 9.98 Å². The molecule has 0 unspecified atom stereocenters. The summed E-state index contributed by atoms with van der Waals surface area (Å²) in [7, 11) is 0. The summed E-state index contributed by atoms with van der Waals surface area (Å²) in [5, 5.41) is 9.14. The number of thioether (sulfide) groups is 1. The Bertz CT molecular complexity index is 1320. The SMILES string of the molecule is C[C@H]1[C@@H]2[C@@]1(C(=O)N1CCOCC1)SC(N)=N[C@]2(C)c1cc(/C=C(\F)c2ccc(C#N)cn2)ccc1F. The van der Waals surface area contributed by atoms with Gasteiger partial charge in [0.15, 0.2) is 5.17 Å². The van der Waals surface area contributed by atoms with E-state index in [0.717, 1.165) is 0 Å². The molecule has 3 heterocycles. The number of nitrogens with two attached hydrogens (primary N) is 1. The van der Waals surface area contributed by atoms with Crippen LogP contribution in [0.25, 0.3) is 11.9 Å². The number of morpholine rings is 1. The Morgan fingerprint density at radius 2 is 2.08 bits per heavy atom. The Hall–Kier alpha value is -3.29. The smallest absolute Gasteiger partial charge is 0.240 e. The molecule has 0 radical (unpaired) electrons. The first-order chi connectivity index (χ1) is 17.2. The average Bonchev–Trinajstić information content (AvgIpc) is 3.50. The van der Waals surface area contributed by atoms with Gasteiger partial charge >= 0.3 is 0 Å². The molecule has 4 atom stereocenters. The standard InChI is InChI=1S/C26H25F2N5O2S/c1-15-22-25(2,32-24(30)36-26(15,22)23(34)33-7-9-35-10-8-33)18-11-16(3-5-19(18)27)12-20(28)21-6-4-17(13-29)14-31-21/h3-6,11-12,14-15,22H,7-10H2,1-2H3,(H2,30,32)/b20-12-/t15-,22-,25+,26-/m0/s1. The molecule has 36 heavy (non-hydrogen) atoms. The lowest BCUT2D eigenvalue weighted by Crippen LogP contribution is -2.50. The van der Waals surface area contributed by atoms with Crippen LogP contribution in [-0.2, 0) is 15.1 Å². The maximum atomic E-state index is 15.3. The van der Waals surface area contributed by atoms with Crippen LogP contribution >= 0.6 is 11.8 Å². The number of aliphatic imine (C=N–C) groups is 1. The third kappa shape index (κ3) is 3.87. The van der Waals surface area contributed by atoms with E-state index >= 15 is 4.39 Å². The van der Waals surface area contributed by atoms with E-state index in [1.165, 1.54) is 48.3 Å². The fraction of sp³-hybridized carbons (Fsp3) is 0.385. The number of amides is 1. The summed E-state index contributed by atoms with van der Waals surface area (Å²) in [6.45, 7) is 5.74. The Balaban J connectivity index is 1.50. The number of carbonyl (C=O) groups excluding carboxylic acids is 1. The highest BCUT2D eigenvalue weighted by Gasteiger charge is 2.76. The maximum Gasteiger partial charge on any atom is 0.240 e. The molecule has 2 fully saturated rings. The number of amidine groups is 1. The number of nitrogens with zero attached hydrogens (tertiary/aromatic N) is 4. The Morgan fingerprint density at radius 1 is 1.33 bits per heavy atom. The van der Waals surface area contributed by atoms with Crippen molar-refractivity contribution in [3.8, 4) is 6.07 Å². The number of carbonyl (C=O) groups is 1. The first-order valence-corrected chi connectivity index (χ1v) is 12.5. The monoisotopic (exact) mass is 509 g/mol. The second kappa shape index (κ2) is 8.98. The van der Waals surface area contributed by atoms with Crippen LogP contribution in [0.3, 0.4) is 0 Å². The topological polar surface area (TPSA) is 105 Å². The number of pyridine rings is 1. The van der Waals surface area contributed by atoms with E-state index < -0.39 is 21.9 Å². The minimum absolute atomic E-state index is 0.0215. The number of ether oxygens (including phenoxy) is 1. The van der Waals surface area contributed by atoms with Crippen LogP contribution < -0.4 is 5.73 Å². The Kier molecular flexibility index (Phi) is 6.09. The minimum atomic E-state index is -1.10. The lowest BCUT2D eigenvalue weighted by atomic mass is 9.84. The van der Waals surface area contributed by atoms with Gasteiger partial charge in [0.1, 0.15) is 22.5 Å². The summed E-state index contributed by atoms with van der Waals surface area (Å²) < 4.78 is 34.8. The van der Waals surface area contributed by atoms with Gasteiger partial charge in [-0.1, -0.05) is 24.8 Å². The first-order valence-electron chi connectivity index (χ1n) is 11.7. The molecule has 1 aromatic heterocycles. The second-order valence-corrected chi connectivity index (χ2v) is 10.7. The van der Waals surface area contributed by atoms with Crippen molar-refractivity contribution in [3.63, 3.8) is 0 Å². The van der Waals surface area contributed by atoms with Crippen molar-refractivity contribution in [1.29, 1.82) is 5.26 Å². The van der Waals surface area contributed by atoms with Gasteiger partial charge in [0.2, 0.25) is 5.91 Å². The second-order valence-electron chi connectivity index (χ2n) is 9.44. The molecule has 3 aliphatic rings. The number of aromatic nitrogens is 1. The van der Waals surface area contributed by atoms with Gasteiger partial charge in [-0.05, 0) is 48.7 Å². The predicted octanol–water partition coefficient (Wildman–Crippen LogP) is 3.70. The number of fused-ring (bicyclic) bond motifs is 1. The lowest BCUT2D eigenvalue weighted by molar-refractivity contribution is -0.136. The van der Waals surface area contributed by atoms with Crippen molar-refractivity contribution in [1.82, 2.24) is 9.88 Å². The average molecular weight is 510 g/mol. The number of rotatable bonds is 4. The van der Waals surface area contributed by atoms with Crippen molar-refractivity contribution in [2.45, 2.75) is 24.1 Å². The molecule has 1 saturated heterocycles. The fourth-order valence-electron chi connectivity index (χ4n) is 5.54. The number of benzene rings is 1. The highest BCUT2D eigenvalue weighted by molar-refractivity contribution is 8.15. The van der Waals surface area contributed by atoms with E-state index in [-0.39, 0.29) is 34.2 Å². The van der Waals surface area contributed by atoms with Gasteiger partial charge < -0.3 is 15.4 Å². The summed E-state index contributed by atoms with van der Waals surface area (Å²) in [4.78, 5) is 24.1. The highest BCUT2D eigenvalue weighted by Crippen LogP contribution is 2.70. The van der Waals surface area contributed by atoms with Crippen molar-refractivity contribution in [2.75, 3.05) is 26.3 Å². The number of halogens is 2. The molecule has 2 N–H and O–H groups in total. The largest absolute Gasteiger partial charge is 0.378 e. The molecule has 2 aliphatic heterocycles. The zero-order valence-corrected chi connectivity index (χ0v) is 20.7. The van der Waals surface area contributed by atoms with E-state index in [4.69, 9.17) is 15.7 Å².